The zero-order valence-electron chi connectivity index (χ0n) is 9.69. The molecule has 1 aromatic heterocycles. The van der Waals surface area contributed by atoms with E-state index in [4.69, 9.17) is 0 Å². The molecule has 1 saturated heterocycles. The van der Waals surface area contributed by atoms with Gasteiger partial charge in [-0.2, -0.15) is 0 Å². The fraction of sp³-hybridized carbons (Fsp3) is 0.583. The Balaban J connectivity index is 1.96. The number of halogens is 1. The summed E-state index contributed by atoms with van der Waals surface area (Å²) in [4.78, 5) is 9.31. The van der Waals surface area contributed by atoms with E-state index in [0.29, 0.717) is 0 Å². The van der Waals surface area contributed by atoms with Crippen molar-refractivity contribution in [2.24, 2.45) is 0 Å². The van der Waals surface area contributed by atoms with E-state index in [-0.39, 0.29) is 0 Å². The number of hydrogen-bond acceptors (Lipinski definition) is 3. The lowest BCUT2D eigenvalue weighted by atomic mass is 10.3. The molecule has 1 aliphatic rings. The first-order valence-electron chi connectivity index (χ1n) is 5.89. The molecule has 2 heterocycles. The maximum atomic E-state index is 4.43. The fourth-order valence-electron chi connectivity index (χ4n) is 2.11. The summed E-state index contributed by atoms with van der Waals surface area (Å²) in [5.41, 5.74) is 0. The third kappa shape index (κ3) is 2.74. The molecule has 0 spiro atoms. The van der Waals surface area contributed by atoms with Crippen molar-refractivity contribution in [3.63, 3.8) is 0 Å². The van der Waals surface area contributed by atoms with Crippen LogP contribution in [-0.2, 0) is 0 Å². The number of rotatable bonds is 3. The summed E-state index contributed by atoms with van der Waals surface area (Å²) in [6.45, 7) is 7.91. The topological polar surface area (TPSA) is 19.4 Å². The van der Waals surface area contributed by atoms with Gasteiger partial charge in [0.05, 0.1) is 4.47 Å². The Labute approximate surface area is 106 Å². The van der Waals surface area contributed by atoms with Crippen molar-refractivity contribution in [1.82, 2.24) is 9.88 Å². The predicted molar refractivity (Wildman–Crippen MR) is 70.9 cm³/mol. The standard InChI is InChI=1S/C12H18BrN3/c1-2-6-15-7-9-16(10-8-15)12-11(13)4-3-5-14-12/h3-5H,2,6-10H2,1H3. The Bertz CT molecular complexity index is 335. The Morgan fingerprint density at radius 1 is 1.31 bits per heavy atom. The van der Waals surface area contributed by atoms with E-state index in [1.165, 1.54) is 13.0 Å². The first-order chi connectivity index (χ1) is 7.81. The zero-order chi connectivity index (χ0) is 11.4. The number of pyridine rings is 1. The Hall–Kier alpha value is -0.610. The van der Waals surface area contributed by atoms with Gasteiger partial charge >= 0.3 is 0 Å². The van der Waals surface area contributed by atoms with Gasteiger partial charge in [0.1, 0.15) is 5.82 Å². The largest absolute Gasteiger partial charge is 0.353 e. The summed E-state index contributed by atoms with van der Waals surface area (Å²) in [6, 6.07) is 4.02. The molecule has 0 amide bonds. The molecule has 0 bridgehead atoms. The molecule has 1 aromatic rings. The molecule has 3 nitrogen and oxygen atoms in total. The summed E-state index contributed by atoms with van der Waals surface area (Å²) in [5.74, 6) is 1.08. The van der Waals surface area contributed by atoms with Crippen molar-refractivity contribution in [2.75, 3.05) is 37.6 Å². The van der Waals surface area contributed by atoms with E-state index in [1.54, 1.807) is 0 Å². The second-order valence-electron chi connectivity index (χ2n) is 4.14. The minimum absolute atomic E-state index is 1.08. The lowest BCUT2D eigenvalue weighted by Crippen LogP contribution is -2.46. The van der Waals surface area contributed by atoms with Gasteiger partial charge in [-0.3, -0.25) is 4.90 Å². The Morgan fingerprint density at radius 2 is 2.06 bits per heavy atom. The van der Waals surface area contributed by atoms with Crippen LogP contribution in [0.5, 0.6) is 0 Å². The molecular formula is C12H18BrN3. The first-order valence-corrected chi connectivity index (χ1v) is 6.68. The average Bonchev–Trinajstić information content (AvgIpc) is 2.31. The molecule has 16 heavy (non-hydrogen) atoms. The SMILES string of the molecule is CCCN1CCN(c2ncccc2Br)CC1. The molecule has 0 radical (unpaired) electrons. The van der Waals surface area contributed by atoms with Crippen LogP contribution >= 0.6 is 15.9 Å². The van der Waals surface area contributed by atoms with Crippen LogP contribution in [0.3, 0.4) is 0 Å². The van der Waals surface area contributed by atoms with Gasteiger partial charge in [0.15, 0.2) is 0 Å². The lowest BCUT2D eigenvalue weighted by Gasteiger charge is -2.35. The van der Waals surface area contributed by atoms with E-state index >= 15 is 0 Å². The minimum Gasteiger partial charge on any atom is -0.353 e. The highest BCUT2D eigenvalue weighted by molar-refractivity contribution is 9.10. The van der Waals surface area contributed by atoms with Gasteiger partial charge in [-0.1, -0.05) is 6.92 Å². The summed E-state index contributed by atoms with van der Waals surface area (Å²) in [6.07, 6.45) is 3.10. The highest BCUT2D eigenvalue weighted by Gasteiger charge is 2.18. The van der Waals surface area contributed by atoms with Crippen LogP contribution in [0.15, 0.2) is 22.8 Å². The van der Waals surface area contributed by atoms with Crippen LogP contribution in [0.25, 0.3) is 0 Å². The highest BCUT2D eigenvalue weighted by Crippen LogP contribution is 2.23. The van der Waals surface area contributed by atoms with Crippen LogP contribution in [0.2, 0.25) is 0 Å². The van der Waals surface area contributed by atoms with Crippen LogP contribution < -0.4 is 4.90 Å². The van der Waals surface area contributed by atoms with Gasteiger partial charge in [-0.25, -0.2) is 4.98 Å². The van der Waals surface area contributed by atoms with Crippen molar-refractivity contribution in [3.8, 4) is 0 Å². The van der Waals surface area contributed by atoms with Crippen molar-refractivity contribution in [3.05, 3.63) is 22.8 Å². The number of nitrogens with zero attached hydrogens (tertiary/aromatic N) is 3. The van der Waals surface area contributed by atoms with Crippen LogP contribution in [0.1, 0.15) is 13.3 Å². The molecule has 1 fully saturated rings. The van der Waals surface area contributed by atoms with Crippen molar-refractivity contribution < 1.29 is 0 Å². The van der Waals surface area contributed by atoms with E-state index in [0.717, 1.165) is 36.5 Å². The summed E-state index contributed by atoms with van der Waals surface area (Å²) in [7, 11) is 0. The maximum Gasteiger partial charge on any atom is 0.142 e. The predicted octanol–water partition coefficient (Wildman–Crippen LogP) is 2.38. The maximum absolute atomic E-state index is 4.43. The molecule has 88 valence electrons. The van der Waals surface area contributed by atoms with E-state index in [1.807, 2.05) is 12.3 Å². The lowest BCUT2D eigenvalue weighted by molar-refractivity contribution is 0.258. The van der Waals surface area contributed by atoms with Gasteiger partial charge in [-0.05, 0) is 41.0 Å². The van der Waals surface area contributed by atoms with Crippen molar-refractivity contribution in [1.29, 1.82) is 0 Å². The van der Waals surface area contributed by atoms with E-state index in [9.17, 15) is 0 Å². The Morgan fingerprint density at radius 3 is 2.69 bits per heavy atom. The molecule has 2 rings (SSSR count). The zero-order valence-corrected chi connectivity index (χ0v) is 11.3. The fourth-order valence-corrected chi connectivity index (χ4v) is 2.62. The highest BCUT2D eigenvalue weighted by atomic mass is 79.9. The number of aromatic nitrogens is 1. The van der Waals surface area contributed by atoms with Crippen LogP contribution in [-0.4, -0.2) is 42.6 Å². The monoisotopic (exact) mass is 283 g/mol. The summed E-state index contributed by atoms with van der Waals surface area (Å²) < 4.78 is 1.10. The first kappa shape index (κ1) is 11.9. The van der Waals surface area contributed by atoms with Gasteiger partial charge in [0.2, 0.25) is 0 Å². The number of hydrogen-bond donors (Lipinski definition) is 0. The molecule has 4 heteroatoms. The molecule has 0 unspecified atom stereocenters. The van der Waals surface area contributed by atoms with E-state index in [2.05, 4.69) is 43.7 Å². The van der Waals surface area contributed by atoms with Crippen molar-refractivity contribution in [2.45, 2.75) is 13.3 Å². The minimum atomic E-state index is 1.08. The normalized spacial score (nSPS) is 17.8. The van der Waals surface area contributed by atoms with Gasteiger partial charge in [-0.15, -0.1) is 0 Å². The van der Waals surface area contributed by atoms with Gasteiger partial charge in [0, 0.05) is 32.4 Å². The Kier molecular flexibility index (Phi) is 4.18. The van der Waals surface area contributed by atoms with Gasteiger partial charge in [0.25, 0.3) is 0 Å². The molecule has 1 aliphatic heterocycles. The molecule has 0 aliphatic carbocycles. The van der Waals surface area contributed by atoms with Crippen LogP contribution in [0.4, 0.5) is 5.82 Å². The quantitative estimate of drug-likeness (QED) is 0.849. The van der Waals surface area contributed by atoms with Crippen LogP contribution in [0, 0.1) is 0 Å². The van der Waals surface area contributed by atoms with Gasteiger partial charge < -0.3 is 4.90 Å². The summed E-state index contributed by atoms with van der Waals surface area (Å²) >= 11 is 3.56. The smallest absolute Gasteiger partial charge is 0.142 e. The molecule has 0 saturated carbocycles. The number of anilines is 1. The summed E-state index contributed by atoms with van der Waals surface area (Å²) in [5, 5.41) is 0. The number of piperazine rings is 1. The van der Waals surface area contributed by atoms with Crippen molar-refractivity contribution >= 4 is 21.7 Å². The molecule has 0 aromatic carbocycles. The third-order valence-corrected chi connectivity index (χ3v) is 3.57. The molecule has 0 N–H and O–H groups in total. The molecular weight excluding hydrogens is 266 g/mol. The van der Waals surface area contributed by atoms with E-state index < -0.39 is 0 Å². The third-order valence-electron chi connectivity index (χ3n) is 2.95. The average molecular weight is 284 g/mol. The second-order valence-corrected chi connectivity index (χ2v) is 4.99. The molecule has 0 atom stereocenters. The second kappa shape index (κ2) is 5.64.